The standard InChI is InChI=1S/C4H3NO/c6-3-4-1-2-5-4/h1-3H. The van der Waals surface area contributed by atoms with Crippen molar-refractivity contribution < 1.29 is 4.79 Å². The molecule has 0 amide bonds. The molecule has 1 heterocycles. The van der Waals surface area contributed by atoms with E-state index >= 15 is 0 Å². The molecule has 0 aromatic carbocycles. The van der Waals surface area contributed by atoms with Gasteiger partial charge in [0, 0.05) is 6.20 Å². The van der Waals surface area contributed by atoms with Gasteiger partial charge in [0.2, 0.25) is 0 Å². The molecular formula is C4H3NO. The van der Waals surface area contributed by atoms with Crippen LogP contribution in [-0.2, 0) is 4.79 Å². The minimum Gasteiger partial charge on any atom is -0.296 e. The number of carbonyl (C=O) groups is 1. The maximum Gasteiger partial charge on any atom is 0.168 e. The van der Waals surface area contributed by atoms with E-state index in [1.165, 1.54) is 0 Å². The minimum absolute atomic E-state index is 0.537. The van der Waals surface area contributed by atoms with Crippen LogP contribution in [0.2, 0.25) is 0 Å². The first-order valence-electron chi connectivity index (χ1n) is 1.63. The number of carbonyl (C=O) groups excluding carboxylic acids is 1. The first-order valence-corrected chi connectivity index (χ1v) is 1.63. The molecule has 2 heteroatoms. The Bertz CT molecular complexity index is 120. The van der Waals surface area contributed by atoms with Crippen LogP contribution in [0.3, 0.4) is 0 Å². The quantitative estimate of drug-likeness (QED) is 0.413. The number of allylic oxidation sites excluding steroid dienone is 1. The molecular weight excluding hydrogens is 78.0 g/mol. The van der Waals surface area contributed by atoms with E-state index in [-0.39, 0.29) is 0 Å². The molecule has 6 heavy (non-hydrogen) atoms. The van der Waals surface area contributed by atoms with Crippen LogP contribution in [0, 0.1) is 0 Å². The maximum absolute atomic E-state index is 9.61. The molecule has 0 radical (unpaired) electrons. The summed E-state index contributed by atoms with van der Waals surface area (Å²) in [6.07, 6.45) is 3.97. The van der Waals surface area contributed by atoms with E-state index in [9.17, 15) is 4.79 Å². The molecule has 0 atom stereocenters. The lowest BCUT2D eigenvalue weighted by Crippen LogP contribution is -1.98. The van der Waals surface area contributed by atoms with E-state index in [4.69, 9.17) is 0 Å². The molecule has 2 nitrogen and oxygen atoms in total. The van der Waals surface area contributed by atoms with Gasteiger partial charge in [-0.25, -0.2) is 0 Å². The second kappa shape index (κ2) is 1.05. The highest BCUT2D eigenvalue weighted by molar-refractivity contribution is 6.35. The van der Waals surface area contributed by atoms with E-state index in [1.807, 2.05) is 0 Å². The van der Waals surface area contributed by atoms with Crippen LogP contribution in [-0.4, -0.2) is 12.0 Å². The lowest BCUT2D eigenvalue weighted by Gasteiger charge is -1.90. The number of hydrogen-bond donors (Lipinski definition) is 0. The van der Waals surface area contributed by atoms with Gasteiger partial charge in [-0.05, 0) is 6.08 Å². The largest absolute Gasteiger partial charge is 0.296 e. The summed E-state index contributed by atoms with van der Waals surface area (Å²) >= 11 is 0. The number of aldehydes is 1. The van der Waals surface area contributed by atoms with Gasteiger partial charge in [0.25, 0.3) is 0 Å². The third kappa shape index (κ3) is 0.266. The molecule has 1 aliphatic heterocycles. The molecule has 1 rings (SSSR count). The molecule has 0 spiro atoms. The number of nitrogens with zero attached hydrogens (tertiary/aromatic N) is 1. The van der Waals surface area contributed by atoms with Crippen LogP contribution in [0.25, 0.3) is 0 Å². The van der Waals surface area contributed by atoms with Gasteiger partial charge >= 0.3 is 0 Å². The van der Waals surface area contributed by atoms with Crippen LogP contribution in [0.1, 0.15) is 0 Å². The van der Waals surface area contributed by atoms with Gasteiger partial charge < -0.3 is 0 Å². The van der Waals surface area contributed by atoms with E-state index in [0.717, 1.165) is 6.29 Å². The molecule has 0 fully saturated rings. The monoisotopic (exact) mass is 81.0 g/mol. The highest BCUT2D eigenvalue weighted by Crippen LogP contribution is 1.89. The van der Waals surface area contributed by atoms with Gasteiger partial charge in [-0.1, -0.05) is 0 Å². The van der Waals surface area contributed by atoms with Gasteiger partial charge in [0.1, 0.15) is 5.71 Å². The Labute approximate surface area is 35.2 Å². The number of rotatable bonds is 1. The van der Waals surface area contributed by atoms with Crippen molar-refractivity contribution in [2.24, 2.45) is 4.99 Å². The first-order chi connectivity index (χ1) is 2.93. The van der Waals surface area contributed by atoms with Crippen molar-refractivity contribution in [3.05, 3.63) is 12.3 Å². The lowest BCUT2D eigenvalue weighted by atomic mass is 10.3. The zero-order valence-corrected chi connectivity index (χ0v) is 3.09. The van der Waals surface area contributed by atoms with Crippen molar-refractivity contribution in [2.75, 3.05) is 0 Å². The molecule has 0 aromatic heterocycles. The summed E-state index contributed by atoms with van der Waals surface area (Å²) in [6.45, 7) is 0. The average molecular weight is 81.1 g/mol. The molecule has 1 aliphatic rings. The van der Waals surface area contributed by atoms with Crippen LogP contribution < -0.4 is 0 Å². The minimum atomic E-state index is 0.537. The molecule has 0 saturated heterocycles. The van der Waals surface area contributed by atoms with Crippen molar-refractivity contribution in [2.45, 2.75) is 0 Å². The Balaban J connectivity index is 2.57. The van der Waals surface area contributed by atoms with E-state index < -0.39 is 0 Å². The van der Waals surface area contributed by atoms with Crippen LogP contribution in [0.4, 0.5) is 0 Å². The fourth-order valence-electron chi connectivity index (χ4n) is 0.230. The molecule has 0 unspecified atom stereocenters. The van der Waals surface area contributed by atoms with Crippen LogP contribution >= 0.6 is 0 Å². The summed E-state index contributed by atoms with van der Waals surface area (Å²) in [5.41, 5.74) is 0.537. The summed E-state index contributed by atoms with van der Waals surface area (Å²) in [5, 5.41) is 0. The third-order valence-corrected chi connectivity index (χ3v) is 0.590. The molecule has 0 N–H and O–H groups in total. The SMILES string of the molecule is O=CC1=NC=C1. The van der Waals surface area contributed by atoms with Crippen molar-refractivity contribution in [1.29, 1.82) is 0 Å². The Hall–Kier alpha value is -0.920. The summed E-state index contributed by atoms with van der Waals surface area (Å²) in [4.78, 5) is 13.2. The second-order valence-electron chi connectivity index (χ2n) is 0.988. The topological polar surface area (TPSA) is 29.4 Å². The van der Waals surface area contributed by atoms with E-state index in [2.05, 4.69) is 4.99 Å². The van der Waals surface area contributed by atoms with Crippen molar-refractivity contribution in [3.63, 3.8) is 0 Å². The van der Waals surface area contributed by atoms with E-state index in [0.29, 0.717) is 5.71 Å². The van der Waals surface area contributed by atoms with Gasteiger partial charge in [-0.3, -0.25) is 9.79 Å². The van der Waals surface area contributed by atoms with Crippen molar-refractivity contribution in [3.8, 4) is 0 Å². The van der Waals surface area contributed by atoms with E-state index in [1.54, 1.807) is 12.3 Å². The van der Waals surface area contributed by atoms with Gasteiger partial charge in [-0.2, -0.15) is 0 Å². The Morgan fingerprint density at radius 2 is 2.50 bits per heavy atom. The number of aliphatic imine (C=N–C) groups is 1. The van der Waals surface area contributed by atoms with Gasteiger partial charge in [0.05, 0.1) is 0 Å². The Morgan fingerprint density at radius 1 is 1.83 bits per heavy atom. The second-order valence-corrected chi connectivity index (χ2v) is 0.988. The summed E-state index contributed by atoms with van der Waals surface area (Å²) in [6, 6.07) is 0. The van der Waals surface area contributed by atoms with Crippen LogP contribution in [0.15, 0.2) is 17.3 Å². The van der Waals surface area contributed by atoms with Crippen molar-refractivity contribution in [1.82, 2.24) is 0 Å². The Morgan fingerprint density at radius 3 is 2.50 bits per heavy atom. The van der Waals surface area contributed by atoms with Crippen LogP contribution in [0.5, 0.6) is 0 Å². The third-order valence-electron chi connectivity index (χ3n) is 0.590. The normalized spacial score (nSPS) is 15.7. The predicted molar refractivity (Wildman–Crippen MR) is 22.6 cm³/mol. The summed E-state index contributed by atoms with van der Waals surface area (Å²) in [7, 11) is 0. The molecule has 0 aliphatic carbocycles. The fourth-order valence-corrected chi connectivity index (χ4v) is 0.230. The smallest absolute Gasteiger partial charge is 0.168 e. The zero-order chi connectivity index (χ0) is 4.41. The molecule has 0 bridgehead atoms. The highest BCUT2D eigenvalue weighted by Gasteiger charge is 1.92. The highest BCUT2D eigenvalue weighted by atomic mass is 16.1. The molecule has 0 aromatic rings. The predicted octanol–water partition coefficient (Wildman–Crippen LogP) is 0.154. The van der Waals surface area contributed by atoms with Crippen molar-refractivity contribution >= 4 is 12.0 Å². The Kier molecular flexibility index (Phi) is 0.572. The van der Waals surface area contributed by atoms with Gasteiger partial charge in [-0.15, -0.1) is 0 Å². The zero-order valence-electron chi connectivity index (χ0n) is 3.09. The first kappa shape index (κ1) is 3.28. The fraction of sp³-hybridized carbons (Fsp3) is 0. The molecule has 30 valence electrons. The average Bonchev–Trinajstić information content (AvgIpc) is 1.31. The lowest BCUT2D eigenvalue weighted by molar-refractivity contribution is -0.102. The summed E-state index contributed by atoms with van der Waals surface area (Å²) in [5.74, 6) is 0. The number of hydrogen-bond acceptors (Lipinski definition) is 2. The summed E-state index contributed by atoms with van der Waals surface area (Å²) < 4.78 is 0. The molecule has 0 saturated carbocycles. The maximum atomic E-state index is 9.61. The van der Waals surface area contributed by atoms with Gasteiger partial charge in [0.15, 0.2) is 6.29 Å².